The van der Waals surface area contributed by atoms with E-state index in [-0.39, 0.29) is 68.9 Å². The molecule has 3 aromatic rings. The molecule has 0 spiro atoms. The first-order valence-electron chi connectivity index (χ1n) is 19.4. The Morgan fingerprint density at radius 1 is 0.933 bits per heavy atom. The Balaban J connectivity index is 0.948. The van der Waals surface area contributed by atoms with E-state index in [9.17, 15) is 49.8 Å². The Kier molecular flexibility index (Phi) is 13.1. The van der Waals surface area contributed by atoms with Crippen LogP contribution >= 0.6 is 0 Å². The monoisotopic (exact) mass is 845 g/mol. The third-order valence-corrected chi connectivity index (χ3v) is 11.0. The number of ether oxygens (including phenoxy) is 8. The van der Waals surface area contributed by atoms with E-state index in [2.05, 4.69) is 0 Å². The second kappa shape index (κ2) is 18.1. The van der Waals surface area contributed by atoms with E-state index in [0.717, 1.165) is 16.5 Å². The maximum atomic E-state index is 13.8. The van der Waals surface area contributed by atoms with Crippen molar-refractivity contribution in [3.63, 3.8) is 0 Å². The summed E-state index contributed by atoms with van der Waals surface area (Å²) in [6.45, 7) is -0.152. The minimum atomic E-state index is -1.89. The molecule has 0 saturated carbocycles. The molecule has 60 heavy (non-hydrogen) atoms. The minimum absolute atomic E-state index is 0.00629. The number of nitrogens with zero attached hydrogens (tertiary/aromatic N) is 2. The van der Waals surface area contributed by atoms with Crippen molar-refractivity contribution in [2.75, 3.05) is 33.0 Å². The van der Waals surface area contributed by atoms with E-state index >= 15 is 0 Å². The molecule has 0 bridgehead atoms. The van der Waals surface area contributed by atoms with E-state index in [0.29, 0.717) is 11.4 Å². The molecule has 7 rings (SSSR count). The molecule has 1 aromatic carbocycles. The lowest BCUT2D eigenvalue weighted by Gasteiger charge is -2.46. The van der Waals surface area contributed by atoms with Crippen LogP contribution in [0.4, 0.5) is 4.79 Å². The van der Waals surface area contributed by atoms with Crippen LogP contribution in [0.5, 0.6) is 0 Å². The zero-order valence-electron chi connectivity index (χ0n) is 32.4. The van der Waals surface area contributed by atoms with Gasteiger partial charge in [0, 0.05) is 29.5 Å². The predicted octanol–water partition coefficient (Wildman–Crippen LogP) is -1.83. The Labute approximate surface area is 341 Å². The lowest BCUT2D eigenvalue weighted by atomic mass is 9.85. The fourth-order valence-corrected chi connectivity index (χ4v) is 7.90. The standard InChI is InChI=1S/C39H47N3O18/c1-2-39(21-13-23-27-19(12-18-6-3-4-7-22(18)41-27)14-42(23)34(50)20(21)17-55-37(39)51)60-26(45)8-5-9-53-10-11-54-36-33(30(48)28(46)24(15-43)57-36)58-35-31(49)32(59-38(40)52)29(47)25(16-44)56-35/h3-4,6-7,12-13,24-25,28-33,35-36,43-44,46-49H,2,5,8-11,14-17H2,1H3,(H2,40,52)/t24-,25+,28+,29+,30-,31-,32-,33-,35+,36-,39-/m0/s1. The number of benzene rings is 1. The van der Waals surface area contributed by atoms with Crippen molar-refractivity contribution in [2.24, 2.45) is 5.73 Å². The molecule has 8 N–H and O–H groups in total. The number of aromatic nitrogens is 2. The smallest absolute Gasteiger partial charge is 0.404 e. The van der Waals surface area contributed by atoms with Gasteiger partial charge >= 0.3 is 18.0 Å². The number of fused-ring (bicyclic) bond motifs is 5. The normalized spacial score (nSPS) is 30.9. The highest BCUT2D eigenvalue weighted by Gasteiger charge is 2.53. The largest absolute Gasteiger partial charge is 0.457 e. The van der Waals surface area contributed by atoms with Crippen molar-refractivity contribution in [3.05, 3.63) is 63.4 Å². The molecule has 2 fully saturated rings. The van der Waals surface area contributed by atoms with Crippen LogP contribution < -0.4 is 11.3 Å². The lowest BCUT2D eigenvalue weighted by molar-refractivity contribution is -0.367. The molecule has 4 aliphatic rings. The van der Waals surface area contributed by atoms with Gasteiger partial charge in [0.2, 0.25) is 5.60 Å². The number of para-hydroxylation sites is 1. The highest BCUT2D eigenvalue weighted by molar-refractivity contribution is 5.88. The molecule has 0 aliphatic carbocycles. The summed E-state index contributed by atoms with van der Waals surface area (Å²) in [5.41, 5.74) is 5.98. The molecule has 21 heteroatoms. The number of rotatable bonds is 15. The molecule has 0 radical (unpaired) electrons. The van der Waals surface area contributed by atoms with Gasteiger partial charge in [-0.2, -0.15) is 0 Å². The number of hydrogen-bond acceptors (Lipinski definition) is 19. The number of pyridine rings is 2. The van der Waals surface area contributed by atoms with Gasteiger partial charge in [-0.3, -0.25) is 9.59 Å². The fourth-order valence-electron chi connectivity index (χ4n) is 7.90. The molecular weight excluding hydrogens is 798 g/mol. The predicted molar refractivity (Wildman–Crippen MR) is 199 cm³/mol. The first-order valence-corrected chi connectivity index (χ1v) is 19.4. The van der Waals surface area contributed by atoms with Gasteiger partial charge < -0.3 is 78.8 Å². The van der Waals surface area contributed by atoms with Gasteiger partial charge in [-0.15, -0.1) is 0 Å². The molecule has 0 unspecified atom stereocenters. The summed E-state index contributed by atoms with van der Waals surface area (Å²) in [4.78, 5) is 56.7. The van der Waals surface area contributed by atoms with E-state index in [1.807, 2.05) is 30.3 Å². The van der Waals surface area contributed by atoms with Gasteiger partial charge in [-0.05, 0) is 31.0 Å². The van der Waals surface area contributed by atoms with Crippen LogP contribution in [0.2, 0.25) is 0 Å². The maximum Gasteiger partial charge on any atom is 0.404 e. The summed E-state index contributed by atoms with van der Waals surface area (Å²) < 4.78 is 45.7. The molecule has 1 amide bonds. The fraction of sp³-hybridized carbons (Fsp3) is 0.564. The summed E-state index contributed by atoms with van der Waals surface area (Å²) in [7, 11) is 0. The summed E-state index contributed by atoms with van der Waals surface area (Å²) in [6, 6.07) is 11.2. The van der Waals surface area contributed by atoms with E-state index in [1.165, 1.54) is 0 Å². The van der Waals surface area contributed by atoms with E-state index in [1.54, 1.807) is 17.6 Å². The zero-order valence-corrected chi connectivity index (χ0v) is 32.4. The average Bonchev–Trinajstić information content (AvgIpc) is 3.59. The number of cyclic esters (lactones) is 1. The van der Waals surface area contributed by atoms with Crippen LogP contribution in [0.15, 0.2) is 41.2 Å². The maximum absolute atomic E-state index is 13.8. The highest BCUT2D eigenvalue weighted by atomic mass is 16.8. The SMILES string of the molecule is CC[C@@]1(OC(=O)CCCOCCO[C@H]2O[C@@H](CO)[C@@H](O)[C@H](O)[C@@H]2O[C@H]2O[C@H](CO)[C@@H](O)[C@H](OC(N)=O)[C@@H]2O)C(=O)OCc2c1cc1n(c2=O)Cc2cc3ccccc3nc2-1. The van der Waals surface area contributed by atoms with Crippen molar-refractivity contribution in [1.29, 1.82) is 0 Å². The summed E-state index contributed by atoms with van der Waals surface area (Å²) in [5.74, 6) is -1.54. The van der Waals surface area contributed by atoms with Gasteiger partial charge in [0.05, 0.1) is 55.4 Å². The van der Waals surface area contributed by atoms with Gasteiger partial charge in [-0.1, -0.05) is 25.1 Å². The number of aliphatic hydroxyl groups excluding tert-OH is 6. The third kappa shape index (κ3) is 8.22. The molecular formula is C39H47N3O18. The topological polar surface area (TPSA) is 307 Å². The summed E-state index contributed by atoms with van der Waals surface area (Å²) >= 11 is 0. The molecule has 11 atom stereocenters. The number of esters is 2. The number of carbonyl (C=O) groups excluding carboxylic acids is 3. The molecule has 326 valence electrons. The van der Waals surface area contributed by atoms with E-state index < -0.39 is 98.3 Å². The number of carbonyl (C=O) groups is 3. The van der Waals surface area contributed by atoms with Crippen LogP contribution in [-0.4, -0.2) is 153 Å². The lowest BCUT2D eigenvalue weighted by Crippen LogP contribution is -2.65. The van der Waals surface area contributed by atoms with Crippen molar-refractivity contribution in [1.82, 2.24) is 9.55 Å². The molecule has 21 nitrogen and oxygen atoms in total. The number of aliphatic hydroxyl groups is 6. The highest BCUT2D eigenvalue weighted by Crippen LogP contribution is 2.41. The molecule has 2 aromatic heterocycles. The van der Waals surface area contributed by atoms with E-state index in [4.69, 9.17) is 48.6 Å². The van der Waals surface area contributed by atoms with Crippen LogP contribution in [0.25, 0.3) is 22.3 Å². The van der Waals surface area contributed by atoms with Crippen LogP contribution in [0, 0.1) is 0 Å². The Morgan fingerprint density at radius 2 is 1.67 bits per heavy atom. The second-order valence-corrected chi connectivity index (χ2v) is 14.7. The van der Waals surface area contributed by atoms with Crippen molar-refractivity contribution in [2.45, 2.75) is 106 Å². The molecule has 4 aliphatic heterocycles. The molecule has 6 heterocycles. The zero-order chi connectivity index (χ0) is 42.9. The van der Waals surface area contributed by atoms with Gasteiger partial charge in [-0.25, -0.2) is 14.6 Å². The number of nitrogens with two attached hydrogens (primary N) is 1. The van der Waals surface area contributed by atoms with Crippen LogP contribution in [0.3, 0.4) is 0 Å². The first-order chi connectivity index (χ1) is 28.8. The van der Waals surface area contributed by atoms with Crippen LogP contribution in [0.1, 0.15) is 42.9 Å². The Hall–Kier alpha value is -4.65. The average molecular weight is 846 g/mol. The third-order valence-electron chi connectivity index (χ3n) is 11.0. The van der Waals surface area contributed by atoms with Crippen molar-refractivity contribution in [3.8, 4) is 11.4 Å². The van der Waals surface area contributed by atoms with Crippen LogP contribution in [-0.2, 0) is 66.2 Å². The number of primary amides is 1. The van der Waals surface area contributed by atoms with Gasteiger partial charge in [0.1, 0.15) is 49.3 Å². The number of amides is 1. The summed E-state index contributed by atoms with van der Waals surface area (Å²) in [5, 5.41) is 62.8. The van der Waals surface area contributed by atoms with Gasteiger partial charge in [0.25, 0.3) is 5.56 Å². The molecule has 2 saturated heterocycles. The minimum Gasteiger partial charge on any atom is -0.457 e. The Morgan fingerprint density at radius 3 is 2.40 bits per heavy atom. The summed E-state index contributed by atoms with van der Waals surface area (Å²) in [6.07, 6.45) is -17.8. The number of hydrogen-bond donors (Lipinski definition) is 7. The van der Waals surface area contributed by atoms with Crippen molar-refractivity contribution >= 4 is 28.9 Å². The van der Waals surface area contributed by atoms with Crippen molar-refractivity contribution < 1.29 is 82.9 Å². The first kappa shape index (κ1) is 43.4. The quantitative estimate of drug-likeness (QED) is 0.0393. The van der Waals surface area contributed by atoms with Gasteiger partial charge in [0.15, 0.2) is 18.7 Å². The second-order valence-electron chi connectivity index (χ2n) is 14.7. The Bertz CT molecular complexity index is 2130.